The zero-order valence-electron chi connectivity index (χ0n) is 12.4. The van der Waals surface area contributed by atoms with Crippen LogP contribution in [0.3, 0.4) is 0 Å². The van der Waals surface area contributed by atoms with E-state index in [4.69, 9.17) is 0 Å². The summed E-state index contributed by atoms with van der Waals surface area (Å²) >= 11 is 0. The van der Waals surface area contributed by atoms with Crippen molar-refractivity contribution in [1.82, 2.24) is 9.78 Å². The van der Waals surface area contributed by atoms with Crippen LogP contribution in [0.5, 0.6) is 0 Å². The quantitative estimate of drug-likeness (QED) is 0.808. The molecule has 0 saturated carbocycles. The molecule has 2 aromatic carbocycles. The number of rotatable bonds is 3. The highest BCUT2D eigenvalue weighted by atomic mass is 19.1. The summed E-state index contributed by atoms with van der Waals surface area (Å²) in [5.41, 5.74) is 0.496. The van der Waals surface area contributed by atoms with E-state index < -0.39 is 11.7 Å². The van der Waals surface area contributed by atoms with Gasteiger partial charge in [0.1, 0.15) is 12.4 Å². The molecule has 6 heteroatoms. The van der Waals surface area contributed by atoms with Gasteiger partial charge in [0.25, 0.3) is 5.56 Å². The number of fused-ring (bicyclic) bond motifs is 1. The maximum absolute atomic E-state index is 13.5. The van der Waals surface area contributed by atoms with Crippen molar-refractivity contribution in [3.05, 3.63) is 70.4 Å². The van der Waals surface area contributed by atoms with Crippen molar-refractivity contribution in [2.24, 2.45) is 0 Å². The molecule has 0 radical (unpaired) electrons. The summed E-state index contributed by atoms with van der Waals surface area (Å²) in [6.07, 6.45) is 1.54. The average Bonchev–Trinajstić information content (AvgIpc) is 2.54. The molecule has 0 spiro atoms. The van der Waals surface area contributed by atoms with Gasteiger partial charge in [-0.2, -0.15) is 5.10 Å². The Hall–Kier alpha value is -3.02. The number of carbonyl (C=O) groups excluding carboxylic acids is 1. The predicted molar refractivity (Wildman–Crippen MR) is 85.8 cm³/mol. The third kappa shape index (κ3) is 3.11. The number of amides is 1. The number of aryl methyl sites for hydroxylation is 1. The van der Waals surface area contributed by atoms with Crippen LogP contribution in [0.4, 0.5) is 10.1 Å². The molecule has 5 nitrogen and oxygen atoms in total. The van der Waals surface area contributed by atoms with Crippen LogP contribution in [0.2, 0.25) is 0 Å². The van der Waals surface area contributed by atoms with E-state index in [-0.39, 0.29) is 12.1 Å². The van der Waals surface area contributed by atoms with Crippen LogP contribution in [-0.4, -0.2) is 15.7 Å². The summed E-state index contributed by atoms with van der Waals surface area (Å²) in [6.45, 7) is 1.40. The van der Waals surface area contributed by atoms with Gasteiger partial charge in [-0.05, 0) is 30.7 Å². The molecule has 116 valence electrons. The monoisotopic (exact) mass is 311 g/mol. The topological polar surface area (TPSA) is 64.0 Å². The lowest BCUT2D eigenvalue weighted by molar-refractivity contribution is -0.117. The van der Waals surface area contributed by atoms with Crippen LogP contribution in [0, 0.1) is 12.7 Å². The Balaban J connectivity index is 1.81. The Labute approximate surface area is 131 Å². The number of nitrogens with zero attached hydrogens (tertiary/aromatic N) is 2. The number of benzene rings is 2. The van der Waals surface area contributed by atoms with Crippen molar-refractivity contribution in [2.45, 2.75) is 13.5 Å². The fraction of sp³-hybridized carbons (Fsp3) is 0.118. The van der Waals surface area contributed by atoms with E-state index >= 15 is 0 Å². The Morgan fingerprint density at radius 2 is 2.04 bits per heavy atom. The number of aromatic nitrogens is 2. The van der Waals surface area contributed by atoms with Crippen molar-refractivity contribution < 1.29 is 9.18 Å². The number of anilines is 1. The number of hydrogen-bond acceptors (Lipinski definition) is 3. The molecule has 3 aromatic rings. The maximum atomic E-state index is 13.5. The van der Waals surface area contributed by atoms with Gasteiger partial charge in [0.15, 0.2) is 0 Å². The van der Waals surface area contributed by atoms with E-state index in [0.717, 1.165) is 10.1 Å². The zero-order valence-corrected chi connectivity index (χ0v) is 12.4. The molecular formula is C17H14FN3O2. The van der Waals surface area contributed by atoms with Gasteiger partial charge in [-0.15, -0.1) is 0 Å². The van der Waals surface area contributed by atoms with Crippen LogP contribution in [-0.2, 0) is 11.3 Å². The Bertz CT molecular complexity index is 950. The second-order valence-electron chi connectivity index (χ2n) is 5.21. The highest BCUT2D eigenvalue weighted by Crippen LogP contribution is 2.13. The van der Waals surface area contributed by atoms with Gasteiger partial charge in [-0.3, -0.25) is 9.59 Å². The van der Waals surface area contributed by atoms with Crippen LogP contribution in [0.1, 0.15) is 5.56 Å². The molecule has 3 rings (SSSR count). The first-order chi connectivity index (χ1) is 11.0. The first-order valence-electron chi connectivity index (χ1n) is 7.05. The van der Waals surface area contributed by atoms with E-state index in [0.29, 0.717) is 16.6 Å². The maximum Gasteiger partial charge on any atom is 0.275 e. The molecule has 0 aliphatic heterocycles. The Morgan fingerprint density at radius 1 is 1.26 bits per heavy atom. The van der Waals surface area contributed by atoms with Crippen molar-refractivity contribution in [3.63, 3.8) is 0 Å². The zero-order chi connectivity index (χ0) is 16.4. The van der Waals surface area contributed by atoms with Gasteiger partial charge < -0.3 is 5.32 Å². The van der Waals surface area contributed by atoms with Crippen LogP contribution in [0.15, 0.2) is 53.5 Å². The normalized spacial score (nSPS) is 10.7. The highest BCUT2D eigenvalue weighted by molar-refractivity contribution is 5.90. The van der Waals surface area contributed by atoms with Gasteiger partial charge in [0, 0.05) is 11.1 Å². The minimum atomic E-state index is -0.446. The molecule has 0 fully saturated rings. The fourth-order valence-electron chi connectivity index (χ4n) is 2.25. The van der Waals surface area contributed by atoms with Gasteiger partial charge in [-0.25, -0.2) is 9.07 Å². The summed E-state index contributed by atoms with van der Waals surface area (Å²) in [5, 5.41) is 7.76. The predicted octanol–water partition coefficient (Wildman–Crippen LogP) is 2.48. The summed E-state index contributed by atoms with van der Waals surface area (Å²) in [6, 6.07) is 11.4. The molecule has 0 atom stereocenters. The van der Waals surface area contributed by atoms with Crippen molar-refractivity contribution in [2.75, 3.05) is 5.32 Å². The molecule has 1 amide bonds. The first-order valence-corrected chi connectivity index (χ1v) is 7.05. The number of carbonyl (C=O) groups is 1. The van der Waals surface area contributed by atoms with E-state index in [1.807, 2.05) is 6.07 Å². The molecule has 1 heterocycles. The SMILES string of the molecule is Cc1ccc(NC(=O)Cn2ncc3ccccc3c2=O)cc1F. The summed E-state index contributed by atoms with van der Waals surface area (Å²) in [5.74, 6) is -0.845. The average molecular weight is 311 g/mol. The van der Waals surface area contributed by atoms with Gasteiger partial charge in [0.2, 0.25) is 5.91 Å². The van der Waals surface area contributed by atoms with Crippen molar-refractivity contribution in [1.29, 1.82) is 0 Å². The first kappa shape index (κ1) is 14.9. The molecule has 0 aliphatic rings. The fourth-order valence-corrected chi connectivity index (χ4v) is 2.25. The van der Waals surface area contributed by atoms with Crippen molar-refractivity contribution in [3.8, 4) is 0 Å². The van der Waals surface area contributed by atoms with Crippen molar-refractivity contribution >= 4 is 22.4 Å². The van der Waals surface area contributed by atoms with E-state index in [2.05, 4.69) is 10.4 Å². The highest BCUT2D eigenvalue weighted by Gasteiger charge is 2.09. The summed E-state index contributed by atoms with van der Waals surface area (Å²) < 4.78 is 14.6. The lowest BCUT2D eigenvalue weighted by atomic mass is 10.2. The molecule has 1 aromatic heterocycles. The number of hydrogen-bond donors (Lipinski definition) is 1. The van der Waals surface area contributed by atoms with Crippen LogP contribution >= 0.6 is 0 Å². The number of halogens is 1. The van der Waals surface area contributed by atoms with E-state index in [1.54, 1.807) is 37.3 Å². The smallest absolute Gasteiger partial charge is 0.275 e. The summed E-state index contributed by atoms with van der Waals surface area (Å²) in [7, 11) is 0. The molecule has 0 unspecified atom stereocenters. The van der Waals surface area contributed by atoms with E-state index in [1.165, 1.54) is 12.3 Å². The lowest BCUT2D eigenvalue weighted by Gasteiger charge is -2.08. The molecule has 0 bridgehead atoms. The van der Waals surface area contributed by atoms with Gasteiger partial charge in [-0.1, -0.05) is 24.3 Å². The minimum absolute atomic E-state index is 0.237. The second kappa shape index (κ2) is 6.00. The largest absolute Gasteiger partial charge is 0.324 e. The number of nitrogens with one attached hydrogen (secondary N) is 1. The Morgan fingerprint density at radius 3 is 2.83 bits per heavy atom. The second-order valence-corrected chi connectivity index (χ2v) is 5.21. The standard InChI is InChI=1S/C17H14FN3O2/c1-11-6-7-13(8-15(11)18)20-16(22)10-21-17(23)14-5-3-2-4-12(14)9-19-21/h2-9H,10H2,1H3,(H,20,22). The molecule has 23 heavy (non-hydrogen) atoms. The van der Waals surface area contributed by atoms with Gasteiger partial charge in [0.05, 0.1) is 11.6 Å². The molecule has 0 aliphatic carbocycles. The van der Waals surface area contributed by atoms with E-state index in [9.17, 15) is 14.0 Å². The third-order valence-corrected chi connectivity index (χ3v) is 3.51. The molecule has 1 N–H and O–H groups in total. The molecule has 0 saturated heterocycles. The third-order valence-electron chi connectivity index (χ3n) is 3.51. The molecular weight excluding hydrogens is 297 g/mol. The van der Waals surface area contributed by atoms with Crippen LogP contribution < -0.4 is 10.9 Å². The minimum Gasteiger partial charge on any atom is -0.324 e. The van der Waals surface area contributed by atoms with Crippen LogP contribution in [0.25, 0.3) is 10.8 Å². The Kier molecular flexibility index (Phi) is 3.89. The summed E-state index contributed by atoms with van der Waals surface area (Å²) in [4.78, 5) is 24.3. The van der Waals surface area contributed by atoms with Gasteiger partial charge >= 0.3 is 0 Å². The lowest BCUT2D eigenvalue weighted by Crippen LogP contribution is -2.29.